The monoisotopic (exact) mass is 375 g/mol. The first kappa shape index (κ1) is 18.4. The van der Waals surface area contributed by atoms with E-state index >= 15 is 0 Å². The molecule has 0 saturated heterocycles. The summed E-state index contributed by atoms with van der Waals surface area (Å²) in [6.45, 7) is 15.9. The van der Waals surface area contributed by atoms with E-state index in [9.17, 15) is 0 Å². The van der Waals surface area contributed by atoms with Crippen LogP contribution >= 0.6 is 0 Å². The van der Waals surface area contributed by atoms with Crippen molar-refractivity contribution in [3.63, 3.8) is 0 Å². The SMILES string of the molecule is Cc1cc(C)c2nc3c(cc2c1)C(O[Si](C)(C)C(C)(C)C)c1ccccc1-3. The van der Waals surface area contributed by atoms with Gasteiger partial charge in [0, 0.05) is 16.5 Å². The summed E-state index contributed by atoms with van der Waals surface area (Å²) in [5, 5.41) is 1.38. The highest BCUT2D eigenvalue weighted by molar-refractivity contribution is 6.74. The average Bonchev–Trinajstić information content (AvgIpc) is 2.85. The van der Waals surface area contributed by atoms with Crippen molar-refractivity contribution in [3.8, 4) is 11.3 Å². The number of nitrogens with zero attached hydrogens (tertiary/aromatic N) is 1. The maximum Gasteiger partial charge on any atom is 0.193 e. The molecule has 0 amide bonds. The predicted molar refractivity (Wildman–Crippen MR) is 117 cm³/mol. The van der Waals surface area contributed by atoms with E-state index in [-0.39, 0.29) is 11.1 Å². The van der Waals surface area contributed by atoms with Crippen LogP contribution in [0.15, 0.2) is 42.5 Å². The van der Waals surface area contributed by atoms with Crippen LogP contribution in [-0.4, -0.2) is 13.3 Å². The Labute approximate surface area is 163 Å². The van der Waals surface area contributed by atoms with Crippen molar-refractivity contribution in [1.82, 2.24) is 4.98 Å². The van der Waals surface area contributed by atoms with Crippen molar-refractivity contribution in [1.29, 1.82) is 0 Å². The Morgan fingerprint density at radius 2 is 1.67 bits per heavy atom. The van der Waals surface area contributed by atoms with Crippen molar-refractivity contribution >= 4 is 19.2 Å². The Morgan fingerprint density at radius 3 is 2.37 bits per heavy atom. The second-order valence-electron chi connectivity index (χ2n) is 9.43. The molecule has 1 aliphatic carbocycles. The van der Waals surface area contributed by atoms with Gasteiger partial charge in [-0.1, -0.05) is 56.7 Å². The lowest BCUT2D eigenvalue weighted by Crippen LogP contribution is -2.41. The first-order chi connectivity index (χ1) is 12.6. The first-order valence-electron chi connectivity index (χ1n) is 9.77. The van der Waals surface area contributed by atoms with Gasteiger partial charge in [-0.15, -0.1) is 0 Å². The van der Waals surface area contributed by atoms with E-state index in [1.165, 1.54) is 33.2 Å². The number of rotatable bonds is 2. The van der Waals surface area contributed by atoms with Crippen molar-refractivity contribution in [2.75, 3.05) is 0 Å². The third-order valence-corrected chi connectivity index (χ3v) is 10.7. The number of benzene rings is 2. The van der Waals surface area contributed by atoms with Crippen LogP contribution in [0.25, 0.3) is 22.2 Å². The number of aryl methyl sites for hydroxylation is 2. The first-order valence-corrected chi connectivity index (χ1v) is 12.7. The molecule has 140 valence electrons. The fourth-order valence-corrected chi connectivity index (χ4v) is 4.99. The van der Waals surface area contributed by atoms with Crippen LogP contribution in [-0.2, 0) is 4.43 Å². The van der Waals surface area contributed by atoms with E-state index in [2.05, 4.69) is 90.2 Å². The molecule has 0 spiro atoms. The third-order valence-electron chi connectivity index (χ3n) is 6.28. The second kappa shape index (κ2) is 6.01. The normalized spacial score (nSPS) is 16.5. The largest absolute Gasteiger partial charge is 0.406 e. The zero-order valence-electron chi connectivity index (χ0n) is 17.5. The predicted octanol–water partition coefficient (Wildman–Crippen LogP) is 6.94. The molecule has 0 aliphatic heterocycles. The van der Waals surface area contributed by atoms with Gasteiger partial charge in [-0.2, -0.15) is 0 Å². The molecule has 1 aliphatic rings. The van der Waals surface area contributed by atoms with Crippen LogP contribution in [0.2, 0.25) is 18.1 Å². The minimum absolute atomic E-state index is 0.0187. The Kier molecular flexibility index (Phi) is 4.10. The molecule has 0 bridgehead atoms. The lowest BCUT2D eigenvalue weighted by Gasteiger charge is -2.38. The summed E-state index contributed by atoms with van der Waals surface area (Å²) in [6.07, 6.45) is -0.0187. The van der Waals surface area contributed by atoms with E-state index in [0.29, 0.717) is 0 Å². The Hall–Kier alpha value is -1.97. The molecule has 3 aromatic rings. The summed E-state index contributed by atoms with van der Waals surface area (Å²) in [4.78, 5) is 5.12. The van der Waals surface area contributed by atoms with E-state index in [4.69, 9.17) is 9.41 Å². The van der Waals surface area contributed by atoms with Gasteiger partial charge < -0.3 is 4.43 Å². The number of hydrogen-bond acceptors (Lipinski definition) is 2. The molecular formula is C24H29NOSi. The van der Waals surface area contributed by atoms with Crippen molar-refractivity contribution in [2.45, 2.75) is 58.9 Å². The molecule has 1 atom stereocenters. The number of hydrogen-bond donors (Lipinski definition) is 0. The Bertz CT molecular complexity index is 1050. The van der Waals surface area contributed by atoms with E-state index < -0.39 is 8.32 Å². The maximum absolute atomic E-state index is 6.92. The van der Waals surface area contributed by atoms with Gasteiger partial charge in [-0.3, -0.25) is 0 Å². The van der Waals surface area contributed by atoms with Gasteiger partial charge in [0.25, 0.3) is 0 Å². The smallest absolute Gasteiger partial charge is 0.193 e. The lowest BCUT2D eigenvalue weighted by atomic mass is 10.0. The fourth-order valence-electron chi connectivity index (χ4n) is 3.79. The van der Waals surface area contributed by atoms with E-state index in [0.717, 1.165) is 11.2 Å². The lowest BCUT2D eigenvalue weighted by molar-refractivity contribution is 0.226. The van der Waals surface area contributed by atoms with E-state index in [1.807, 2.05) is 0 Å². The minimum Gasteiger partial charge on any atom is -0.406 e. The van der Waals surface area contributed by atoms with Crippen LogP contribution in [0.3, 0.4) is 0 Å². The molecule has 27 heavy (non-hydrogen) atoms. The van der Waals surface area contributed by atoms with Gasteiger partial charge in [-0.05, 0) is 55.2 Å². The van der Waals surface area contributed by atoms with Gasteiger partial charge in [-0.25, -0.2) is 4.98 Å². The van der Waals surface area contributed by atoms with Gasteiger partial charge in [0.05, 0.1) is 17.3 Å². The molecule has 2 nitrogen and oxygen atoms in total. The van der Waals surface area contributed by atoms with Gasteiger partial charge in [0.1, 0.15) is 0 Å². The molecular weight excluding hydrogens is 346 g/mol. The van der Waals surface area contributed by atoms with Crippen LogP contribution in [0, 0.1) is 13.8 Å². The number of pyridine rings is 1. The van der Waals surface area contributed by atoms with Crippen molar-refractivity contribution < 1.29 is 4.43 Å². The van der Waals surface area contributed by atoms with Crippen LogP contribution in [0.5, 0.6) is 0 Å². The molecule has 0 saturated carbocycles. The van der Waals surface area contributed by atoms with Gasteiger partial charge >= 0.3 is 0 Å². The molecule has 1 unspecified atom stereocenters. The zero-order valence-corrected chi connectivity index (χ0v) is 18.5. The Morgan fingerprint density at radius 1 is 0.963 bits per heavy atom. The highest BCUT2D eigenvalue weighted by atomic mass is 28.4. The van der Waals surface area contributed by atoms with Crippen molar-refractivity contribution in [2.24, 2.45) is 0 Å². The summed E-state index contributed by atoms with van der Waals surface area (Å²) in [6, 6.07) is 15.4. The summed E-state index contributed by atoms with van der Waals surface area (Å²) in [7, 11) is -1.92. The summed E-state index contributed by atoms with van der Waals surface area (Å²) >= 11 is 0. The molecule has 2 aromatic carbocycles. The average molecular weight is 376 g/mol. The molecule has 0 radical (unpaired) electrons. The van der Waals surface area contributed by atoms with Gasteiger partial charge in [0.15, 0.2) is 8.32 Å². The summed E-state index contributed by atoms with van der Waals surface area (Å²) in [5.74, 6) is 0. The fraction of sp³-hybridized carbons (Fsp3) is 0.375. The second-order valence-corrected chi connectivity index (χ2v) is 14.2. The Balaban J connectivity index is 1.94. The van der Waals surface area contributed by atoms with E-state index in [1.54, 1.807) is 0 Å². The number of aromatic nitrogens is 1. The molecule has 3 heteroatoms. The third kappa shape index (κ3) is 2.93. The molecule has 4 rings (SSSR count). The molecule has 0 N–H and O–H groups in total. The number of fused-ring (bicyclic) bond motifs is 4. The molecule has 0 fully saturated rings. The minimum atomic E-state index is -1.92. The van der Waals surface area contributed by atoms with Crippen LogP contribution in [0.1, 0.15) is 49.1 Å². The quantitative estimate of drug-likeness (QED) is 0.452. The highest BCUT2D eigenvalue weighted by Gasteiger charge is 2.42. The van der Waals surface area contributed by atoms with Crippen LogP contribution in [0.4, 0.5) is 0 Å². The molecule has 1 heterocycles. The summed E-state index contributed by atoms with van der Waals surface area (Å²) < 4.78 is 6.92. The topological polar surface area (TPSA) is 22.1 Å². The standard InChI is InChI=1S/C24H29NOSi/c1-15-12-16(2)21-17(13-15)14-20-22(25-21)18-10-8-9-11-19(18)23(20)26-27(6,7)24(3,4)5/h8-14,23H,1-7H3. The highest BCUT2D eigenvalue weighted by Crippen LogP contribution is 2.49. The maximum atomic E-state index is 6.92. The van der Waals surface area contributed by atoms with Gasteiger partial charge in [0.2, 0.25) is 0 Å². The molecule has 1 aromatic heterocycles. The van der Waals surface area contributed by atoms with Crippen molar-refractivity contribution in [3.05, 3.63) is 64.7 Å². The zero-order chi connectivity index (χ0) is 19.6. The summed E-state index contributed by atoms with van der Waals surface area (Å²) in [5.41, 5.74) is 8.40. The van der Waals surface area contributed by atoms with Crippen LogP contribution < -0.4 is 0 Å².